The summed E-state index contributed by atoms with van der Waals surface area (Å²) in [5, 5.41) is 19.2. The molecule has 2 rings (SSSR count). The van der Waals surface area contributed by atoms with Crippen LogP contribution in [0, 0.1) is 0 Å². The molecule has 2 aromatic rings. The van der Waals surface area contributed by atoms with Gasteiger partial charge >= 0.3 is 0 Å². The molecule has 0 spiro atoms. The number of aromatic amines is 1. The fraction of sp³-hybridized carbons (Fsp3) is 0.200. The van der Waals surface area contributed by atoms with E-state index < -0.39 is 11.5 Å². The van der Waals surface area contributed by atoms with E-state index in [1.165, 1.54) is 11.0 Å². The summed E-state index contributed by atoms with van der Waals surface area (Å²) in [4.78, 5) is 27.2. The van der Waals surface area contributed by atoms with Gasteiger partial charge in [0.05, 0.1) is 11.6 Å². The molecule has 0 aliphatic carbocycles. The second-order valence-corrected chi connectivity index (χ2v) is 4.77. The average Bonchev–Trinajstić information content (AvgIpc) is 2.44. The number of benzene rings is 1. The third-order valence-electron chi connectivity index (χ3n) is 3.37. The summed E-state index contributed by atoms with van der Waals surface area (Å²) in [6.07, 6.45) is 0. The Hall–Kier alpha value is -2.76. The Morgan fingerprint density at radius 1 is 1.24 bits per heavy atom. The van der Waals surface area contributed by atoms with Crippen LogP contribution in [0.5, 0.6) is 11.6 Å². The molecule has 6 nitrogen and oxygen atoms in total. The monoisotopic (exact) mass is 288 g/mol. The van der Waals surface area contributed by atoms with Crippen LogP contribution in [0.25, 0.3) is 0 Å². The molecule has 0 saturated heterocycles. The number of carbonyl (C=O) groups is 1. The quantitative estimate of drug-likeness (QED) is 0.800. The number of rotatable bonds is 3. The summed E-state index contributed by atoms with van der Waals surface area (Å²) < 4.78 is 0. The Bertz CT molecular complexity index is 724. The number of amides is 1. The molecule has 0 bridgehead atoms. The highest BCUT2D eigenvalue weighted by molar-refractivity contribution is 5.94. The molecule has 0 aliphatic rings. The molecule has 1 aromatic heterocycles. The lowest BCUT2D eigenvalue weighted by Crippen LogP contribution is -2.30. The smallest absolute Gasteiger partial charge is 0.254 e. The van der Waals surface area contributed by atoms with Crippen molar-refractivity contribution in [2.75, 3.05) is 7.05 Å². The van der Waals surface area contributed by atoms with Crippen LogP contribution in [-0.2, 0) is 0 Å². The van der Waals surface area contributed by atoms with E-state index in [4.69, 9.17) is 0 Å². The normalized spacial score (nSPS) is 11.9. The summed E-state index contributed by atoms with van der Waals surface area (Å²) in [5.41, 5.74) is 0.130. The Balaban J connectivity index is 2.31. The maximum Gasteiger partial charge on any atom is 0.254 e. The van der Waals surface area contributed by atoms with Crippen molar-refractivity contribution in [3.8, 4) is 11.6 Å². The zero-order valence-corrected chi connectivity index (χ0v) is 11.7. The standard InChI is InChI=1S/C15H16N2O4/c1-9(11-5-3-4-6-12(11)18)17(2)15(21)10-7-13(19)16-14(20)8-10/h3-9,18H,1-2H3,(H2,16,19,20). The highest BCUT2D eigenvalue weighted by Gasteiger charge is 2.21. The fourth-order valence-corrected chi connectivity index (χ4v) is 2.08. The Morgan fingerprint density at radius 2 is 1.90 bits per heavy atom. The second-order valence-electron chi connectivity index (χ2n) is 4.77. The van der Waals surface area contributed by atoms with Crippen molar-refractivity contribution in [3.63, 3.8) is 0 Å². The molecule has 21 heavy (non-hydrogen) atoms. The van der Waals surface area contributed by atoms with E-state index in [-0.39, 0.29) is 23.2 Å². The maximum absolute atomic E-state index is 12.4. The summed E-state index contributed by atoms with van der Waals surface area (Å²) in [5.74, 6) is -0.694. The van der Waals surface area contributed by atoms with E-state index >= 15 is 0 Å². The van der Waals surface area contributed by atoms with E-state index in [1.807, 2.05) is 0 Å². The number of phenols is 1. The molecule has 3 N–H and O–H groups in total. The number of hydrogen-bond donors (Lipinski definition) is 3. The number of nitrogens with one attached hydrogen (secondary N) is 1. The molecule has 1 unspecified atom stereocenters. The molecule has 1 heterocycles. The number of nitrogens with zero attached hydrogens (tertiary/aromatic N) is 1. The van der Waals surface area contributed by atoms with Gasteiger partial charge in [-0.15, -0.1) is 0 Å². The zero-order chi connectivity index (χ0) is 15.6. The minimum absolute atomic E-state index is 0.0843. The molecule has 1 aromatic carbocycles. The molecule has 0 fully saturated rings. The molecule has 0 aliphatic heterocycles. The zero-order valence-electron chi connectivity index (χ0n) is 11.7. The highest BCUT2D eigenvalue weighted by atomic mass is 16.3. The molecular weight excluding hydrogens is 272 g/mol. The van der Waals surface area contributed by atoms with Crippen LogP contribution in [0.15, 0.2) is 41.2 Å². The summed E-state index contributed by atoms with van der Waals surface area (Å²) >= 11 is 0. The topological polar surface area (TPSA) is 93.6 Å². The van der Waals surface area contributed by atoms with Crippen molar-refractivity contribution >= 4 is 5.91 Å². The number of aromatic hydroxyl groups is 2. The number of hydrogen-bond acceptors (Lipinski definition) is 4. The number of H-pyrrole nitrogens is 1. The number of pyridine rings is 1. The molecule has 1 amide bonds. The molecule has 0 saturated carbocycles. The Morgan fingerprint density at radius 3 is 2.52 bits per heavy atom. The number of para-hydroxylation sites is 1. The minimum Gasteiger partial charge on any atom is -0.508 e. The van der Waals surface area contributed by atoms with Crippen molar-refractivity contribution in [2.45, 2.75) is 13.0 Å². The lowest BCUT2D eigenvalue weighted by Gasteiger charge is -2.26. The van der Waals surface area contributed by atoms with Gasteiger partial charge in [-0.3, -0.25) is 14.6 Å². The van der Waals surface area contributed by atoms with Gasteiger partial charge in [0.1, 0.15) is 5.75 Å². The van der Waals surface area contributed by atoms with E-state index in [0.717, 1.165) is 6.07 Å². The second kappa shape index (κ2) is 5.70. The van der Waals surface area contributed by atoms with Crippen molar-refractivity contribution in [1.82, 2.24) is 9.88 Å². The Kier molecular flexibility index (Phi) is 3.98. The first-order valence-corrected chi connectivity index (χ1v) is 6.38. The van der Waals surface area contributed by atoms with Gasteiger partial charge < -0.3 is 15.1 Å². The van der Waals surface area contributed by atoms with Gasteiger partial charge in [-0.2, -0.15) is 0 Å². The lowest BCUT2D eigenvalue weighted by atomic mass is 10.1. The minimum atomic E-state index is -0.554. The van der Waals surface area contributed by atoms with Gasteiger partial charge in [-0.25, -0.2) is 0 Å². The number of aromatic nitrogens is 1. The van der Waals surface area contributed by atoms with Crippen LogP contribution >= 0.6 is 0 Å². The van der Waals surface area contributed by atoms with Crippen molar-refractivity contribution in [2.24, 2.45) is 0 Å². The number of phenolic OH excluding ortho intramolecular Hbond substituents is 1. The van der Waals surface area contributed by atoms with E-state index in [0.29, 0.717) is 5.56 Å². The predicted molar refractivity (Wildman–Crippen MR) is 77.3 cm³/mol. The van der Waals surface area contributed by atoms with Crippen LogP contribution in [0.1, 0.15) is 28.9 Å². The highest BCUT2D eigenvalue weighted by Crippen LogP contribution is 2.28. The molecule has 110 valence electrons. The van der Waals surface area contributed by atoms with E-state index in [9.17, 15) is 19.8 Å². The van der Waals surface area contributed by atoms with Crippen LogP contribution in [0.3, 0.4) is 0 Å². The van der Waals surface area contributed by atoms with Gasteiger partial charge in [-0.1, -0.05) is 18.2 Å². The first-order chi connectivity index (χ1) is 9.90. The van der Waals surface area contributed by atoms with Gasteiger partial charge in [0.15, 0.2) is 5.88 Å². The summed E-state index contributed by atoms with van der Waals surface area (Å²) in [7, 11) is 1.57. The molecule has 0 radical (unpaired) electrons. The Labute approximate surface area is 121 Å². The predicted octanol–water partition coefficient (Wildman–Crippen LogP) is 1.62. The van der Waals surface area contributed by atoms with Crippen LogP contribution in [0.4, 0.5) is 0 Å². The third kappa shape index (κ3) is 3.05. The first kappa shape index (κ1) is 14.6. The largest absolute Gasteiger partial charge is 0.508 e. The van der Waals surface area contributed by atoms with E-state index in [1.54, 1.807) is 38.2 Å². The lowest BCUT2D eigenvalue weighted by molar-refractivity contribution is 0.0740. The van der Waals surface area contributed by atoms with Gasteiger partial charge in [-0.05, 0) is 13.0 Å². The maximum atomic E-state index is 12.4. The number of carbonyl (C=O) groups excluding carboxylic acids is 1. The summed E-state index contributed by atoms with van der Waals surface area (Å²) in [6, 6.07) is 8.65. The van der Waals surface area contributed by atoms with Crippen LogP contribution < -0.4 is 5.56 Å². The first-order valence-electron chi connectivity index (χ1n) is 6.38. The van der Waals surface area contributed by atoms with Gasteiger partial charge in [0.25, 0.3) is 11.5 Å². The molecule has 6 heteroatoms. The van der Waals surface area contributed by atoms with Crippen LogP contribution in [0.2, 0.25) is 0 Å². The molecular formula is C15H16N2O4. The van der Waals surface area contributed by atoms with Crippen molar-refractivity contribution in [3.05, 3.63) is 57.9 Å². The fourth-order valence-electron chi connectivity index (χ4n) is 2.08. The molecule has 1 atom stereocenters. The SMILES string of the molecule is CC(c1ccccc1O)N(C)C(=O)c1cc(O)[nH]c(=O)c1. The van der Waals surface area contributed by atoms with Crippen molar-refractivity contribution < 1.29 is 15.0 Å². The van der Waals surface area contributed by atoms with E-state index in [2.05, 4.69) is 4.98 Å². The summed E-state index contributed by atoms with van der Waals surface area (Å²) in [6.45, 7) is 1.76. The van der Waals surface area contributed by atoms with Crippen molar-refractivity contribution in [1.29, 1.82) is 0 Å². The average molecular weight is 288 g/mol. The third-order valence-corrected chi connectivity index (χ3v) is 3.37. The van der Waals surface area contributed by atoms with Gasteiger partial charge in [0.2, 0.25) is 0 Å². The van der Waals surface area contributed by atoms with Gasteiger partial charge in [0, 0.05) is 24.7 Å². The van der Waals surface area contributed by atoms with Crippen LogP contribution in [-0.4, -0.2) is 33.1 Å².